The third kappa shape index (κ3) is 7.81. The molecule has 0 bridgehead atoms. The fourth-order valence-corrected chi connectivity index (χ4v) is 5.36. The van der Waals surface area contributed by atoms with Gasteiger partial charge in [0, 0.05) is 44.6 Å². The molecule has 0 saturated heterocycles. The summed E-state index contributed by atoms with van der Waals surface area (Å²) in [5, 5.41) is 3.49. The van der Waals surface area contributed by atoms with E-state index in [4.69, 9.17) is 10.7 Å². The predicted octanol–water partition coefficient (Wildman–Crippen LogP) is 5.79. The van der Waals surface area contributed by atoms with Crippen molar-refractivity contribution in [2.24, 2.45) is 5.73 Å². The molecule has 5 rings (SSSR count). The van der Waals surface area contributed by atoms with Crippen molar-refractivity contribution in [3.63, 3.8) is 0 Å². The lowest BCUT2D eigenvalue weighted by atomic mass is 9.90. The number of nitrogens with zero attached hydrogens (tertiary/aromatic N) is 3. The van der Waals surface area contributed by atoms with Crippen LogP contribution in [0.25, 0.3) is 0 Å². The van der Waals surface area contributed by atoms with Crippen molar-refractivity contribution in [2.45, 2.75) is 57.4 Å². The first kappa shape index (κ1) is 28.1. The predicted molar refractivity (Wildman–Crippen MR) is 160 cm³/mol. The van der Waals surface area contributed by atoms with Crippen molar-refractivity contribution in [3.8, 4) is 0 Å². The number of nitrogens with one attached hydrogen (secondary N) is 1. The molecular weight excluding hydrogens is 534 g/mol. The fourth-order valence-electron chi connectivity index (χ4n) is 5.36. The number of nitrogens with two attached hydrogens (primary N) is 1. The molecule has 2 unspecified atom stereocenters. The van der Waals surface area contributed by atoms with E-state index in [2.05, 4.69) is 81.9 Å². The molecule has 0 spiro atoms. The Morgan fingerprint density at radius 1 is 0.816 bits per heavy atom. The van der Waals surface area contributed by atoms with Crippen LogP contribution in [-0.2, 0) is 32.5 Å². The molecule has 198 valence electrons. The molecule has 0 aliphatic heterocycles. The zero-order valence-electron chi connectivity index (χ0n) is 21.9. The van der Waals surface area contributed by atoms with Crippen molar-refractivity contribution in [1.29, 1.82) is 0 Å². The third-order valence-corrected chi connectivity index (χ3v) is 7.19. The number of aromatic nitrogens is 2. The molecule has 1 aliphatic carbocycles. The van der Waals surface area contributed by atoms with Crippen molar-refractivity contribution < 1.29 is 0 Å². The third-order valence-electron chi connectivity index (χ3n) is 7.19. The van der Waals surface area contributed by atoms with Gasteiger partial charge >= 0.3 is 0 Å². The Balaban J connectivity index is 0.00000336. The maximum absolute atomic E-state index is 6.74. The largest absolute Gasteiger partial charge is 0.326 e. The Bertz CT molecular complexity index is 1230. The fraction of sp³-hybridized carbons (Fsp3) is 0.312. The molecule has 2 aromatic carbocycles. The average molecular weight is 573 g/mol. The summed E-state index contributed by atoms with van der Waals surface area (Å²) >= 11 is 0. The summed E-state index contributed by atoms with van der Waals surface area (Å²) in [6, 6.07) is 30.2. The van der Waals surface area contributed by atoms with E-state index in [9.17, 15) is 0 Å². The second kappa shape index (κ2) is 14.3. The minimum atomic E-state index is 0. The Labute approximate surface area is 237 Å². The van der Waals surface area contributed by atoms with E-state index in [0.29, 0.717) is 6.04 Å². The quantitative estimate of drug-likeness (QED) is 0.238. The first-order chi connectivity index (χ1) is 18.2. The van der Waals surface area contributed by atoms with Gasteiger partial charge in [-0.05, 0) is 66.1 Å². The molecular formula is C32H38BrN5. The van der Waals surface area contributed by atoms with Crippen molar-refractivity contribution in [2.75, 3.05) is 6.54 Å². The summed E-state index contributed by atoms with van der Waals surface area (Å²) in [7, 11) is 0. The van der Waals surface area contributed by atoms with Gasteiger partial charge in [-0.2, -0.15) is 0 Å². The molecule has 2 aromatic heterocycles. The van der Waals surface area contributed by atoms with E-state index >= 15 is 0 Å². The van der Waals surface area contributed by atoms with E-state index in [1.54, 1.807) is 0 Å². The lowest BCUT2D eigenvalue weighted by Crippen LogP contribution is -2.41. The minimum absolute atomic E-state index is 0. The highest BCUT2D eigenvalue weighted by atomic mass is 79.9. The highest BCUT2D eigenvalue weighted by Gasteiger charge is 2.28. The van der Waals surface area contributed by atoms with Gasteiger partial charge in [-0.15, -0.1) is 17.0 Å². The maximum Gasteiger partial charge on any atom is 0.0607 e. The van der Waals surface area contributed by atoms with Gasteiger partial charge in [0.15, 0.2) is 0 Å². The summed E-state index contributed by atoms with van der Waals surface area (Å²) in [5.74, 6) is 0. The van der Waals surface area contributed by atoms with E-state index in [1.165, 1.54) is 34.4 Å². The van der Waals surface area contributed by atoms with Gasteiger partial charge in [-0.1, -0.05) is 66.7 Å². The van der Waals surface area contributed by atoms with Gasteiger partial charge in [0.25, 0.3) is 0 Å². The SMILES string of the molecule is Br.NC(Cc1ccccc1)CN(Cc1ccc(CNCc2ccccn2)cc1)C1CCCc2cccnc21. The van der Waals surface area contributed by atoms with Crippen LogP contribution in [0.5, 0.6) is 0 Å². The van der Waals surface area contributed by atoms with Gasteiger partial charge in [0.1, 0.15) is 0 Å². The molecule has 2 heterocycles. The van der Waals surface area contributed by atoms with Gasteiger partial charge in [-0.25, -0.2) is 0 Å². The molecule has 2 atom stereocenters. The molecule has 4 aromatic rings. The summed E-state index contributed by atoms with van der Waals surface area (Å²) in [6.45, 7) is 3.29. The highest BCUT2D eigenvalue weighted by Crippen LogP contribution is 2.34. The molecule has 0 saturated carbocycles. The first-order valence-electron chi connectivity index (χ1n) is 13.4. The Hall–Kier alpha value is -2.90. The van der Waals surface area contributed by atoms with Crippen LogP contribution < -0.4 is 11.1 Å². The Morgan fingerprint density at radius 2 is 1.58 bits per heavy atom. The maximum atomic E-state index is 6.74. The second-order valence-corrected chi connectivity index (χ2v) is 10.1. The molecule has 0 fully saturated rings. The van der Waals surface area contributed by atoms with Crippen LogP contribution in [0.2, 0.25) is 0 Å². The van der Waals surface area contributed by atoms with Crippen LogP contribution >= 0.6 is 17.0 Å². The number of hydrogen-bond donors (Lipinski definition) is 2. The number of hydrogen-bond acceptors (Lipinski definition) is 5. The van der Waals surface area contributed by atoms with Crippen LogP contribution in [0.15, 0.2) is 97.3 Å². The van der Waals surface area contributed by atoms with E-state index in [-0.39, 0.29) is 23.0 Å². The zero-order valence-corrected chi connectivity index (χ0v) is 23.6. The normalized spacial score (nSPS) is 15.5. The molecule has 0 amide bonds. The van der Waals surface area contributed by atoms with Crippen molar-refractivity contribution >= 4 is 17.0 Å². The van der Waals surface area contributed by atoms with Crippen LogP contribution in [0.3, 0.4) is 0 Å². The molecule has 6 heteroatoms. The zero-order chi connectivity index (χ0) is 25.3. The molecule has 0 radical (unpaired) electrons. The number of fused-ring (bicyclic) bond motifs is 1. The smallest absolute Gasteiger partial charge is 0.0607 e. The Kier molecular flexibility index (Phi) is 10.6. The van der Waals surface area contributed by atoms with E-state index in [1.807, 2.05) is 30.6 Å². The van der Waals surface area contributed by atoms with Crippen LogP contribution in [0.1, 0.15) is 52.5 Å². The van der Waals surface area contributed by atoms with E-state index in [0.717, 1.165) is 51.1 Å². The summed E-state index contributed by atoms with van der Waals surface area (Å²) in [4.78, 5) is 11.8. The molecule has 5 nitrogen and oxygen atoms in total. The Morgan fingerprint density at radius 3 is 2.37 bits per heavy atom. The number of aryl methyl sites for hydroxylation is 1. The minimum Gasteiger partial charge on any atom is -0.326 e. The van der Waals surface area contributed by atoms with Gasteiger partial charge in [-0.3, -0.25) is 14.9 Å². The van der Waals surface area contributed by atoms with Crippen LogP contribution in [-0.4, -0.2) is 27.5 Å². The lowest BCUT2D eigenvalue weighted by molar-refractivity contribution is 0.155. The van der Waals surface area contributed by atoms with Crippen molar-refractivity contribution in [1.82, 2.24) is 20.2 Å². The van der Waals surface area contributed by atoms with Gasteiger partial charge < -0.3 is 11.1 Å². The topological polar surface area (TPSA) is 67.1 Å². The standard InChI is InChI=1S/C32H37N5.BrH/c33-29(20-25-8-2-1-3-9-25)24-37(31-13-6-10-28-11-7-19-36-32(28)31)23-27-16-14-26(15-17-27)21-34-22-30-12-4-5-18-35-30;/h1-5,7-9,11-12,14-19,29,31,34H,6,10,13,20-24,33H2;1H. The summed E-state index contributed by atoms with van der Waals surface area (Å²) < 4.78 is 0. The average Bonchev–Trinajstić information content (AvgIpc) is 2.94. The van der Waals surface area contributed by atoms with Crippen LogP contribution in [0, 0.1) is 0 Å². The summed E-state index contributed by atoms with van der Waals surface area (Å²) in [6.07, 6.45) is 8.07. The highest BCUT2D eigenvalue weighted by molar-refractivity contribution is 8.93. The second-order valence-electron chi connectivity index (χ2n) is 10.1. The van der Waals surface area contributed by atoms with Gasteiger partial charge in [0.05, 0.1) is 17.4 Å². The van der Waals surface area contributed by atoms with Crippen molar-refractivity contribution in [3.05, 3.63) is 131 Å². The molecule has 3 N–H and O–H groups in total. The monoisotopic (exact) mass is 571 g/mol. The lowest BCUT2D eigenvalue weighted by Gasteiger charge is -2.36. The number of pyridine rings is 2. The number of halogens is 1. The first-order valence-corrected chi connectivity index (χ1v) is 13.4. The molecule has 1 aliphatic rings. The summed E-state index contributed by atoms with van der Waals surface area (Å²) in [5.41, 5.74) is 14.3. The van der Waals surface area contributed by atoms with E-state index < -0.39 is 0 Å². The number of benzene rings is 2. The number of rotatable bonds is 11. The van der Waals surface area contributed by atoms with Crippen LogP contribution in [0.4, 0.5) is 0 Å². The van der Waals surface area contributed by atoms with Gasteiger partial charge in [0.2, 0.25) is 0 Å². The molecule has 38 heavy (non-hydrogen) atoms.